The number of nitrogens with one attached hydrogen (secondary N) is 1. The van der Waals surface area contributed by atoms with Crippen molar-refractivity contribution in [3.8, 4) is 0 Å². The van der Waals surface area contributed by atoms with Crippen LogP contribution in [-0.2, 0) is 0 Å². The molecule has 1 N–H and O–H groups in total. The molecule has 2 aromatic rings. The molecule has 0 aliphatic heterocycles. The molecule has 0 unspecified atom stereocenters. The number of aromatic nitrogens is 1. The van der Waals surface area contributed by atoms with Crippen LogP contribution in [0.2, 0.25) is 0 Å². The molecule has 24 heavy (non-hydrogen) atoms. The molecule has 128 valence electrons. The summed E-state index contributed by atoms with van der Waals surface area (Å²) in [6.45, 7) is 7.73. The zero-order valence-corrected chi connectivity index (χ0v) is 14.9. The Balaban J connectivity index is 2.12. The van der Waals surface area contributed by atoms with E-state index in [2.05, 4.69) is 17.2 Å². The number of carbonyl (C=O) groups excluding carboxylic acids is 1. The van der Waals surface area contributed by atoms with E-state index in [1.54, 1.807) is 17.3 Å². The number of unbranched alkanes of at least 4 members (excludes halogenated alkanes) is 2. The Morgan fingerprint density at radius 3 is 2.71 bits per heavy atom. The van der Waals surface area contributed by atoms with E-state index in [9.17, 15) is 4.79 Å². The van der Waals surface area contributed by atoms with E-state index in [0.29, 0.717) is 12.1 Å². The van der Waals surface area contributed by atoms with Crippen molar-refractivity contribution >= 4 is 17.3 Å². The fraction of sp³-hybridized carbons (Fsp3) is 0.400. The minimum absolute atomic E-state index is 0.0205. The van der Waals surface area contributed by atoms with Crippen molar-refractivity contribution in [3.05, 3.63) is 53.9 Å². The maximum atomic E-state index is 12.9. The van der Waals surface area contributed by atoms with Gasteiger partial charge in [0.25, 0.3) is 5.91 Å². The highest BCUT2D eigenvalue weighted by Crippen LogP contribution is 2.19. The fourth-order valence-electron chi connectivity index (χ4n) is 2.66. The van der Waals surface area contributed by atoms with Crippen LogP contribution in [0.4, 0.5) is 11.4 Å². The highest BCUT2D eigenvalue weighted by molar-refractivity contribution is 6.06. The number of rotatable bonds is 8. The second kappa shape index (κ2) is 9.06. The molecule has 4 nitrogen and oxygen atoms in total. The Morgan fingerprint density at radius 1 is 1.17 bits per heavy atom. The summed E-state index contributed by atoms with van der Waals surface area (Å²) in [6.07, 6.45) is 6.93. The van der Waals surface area contributed by atoms with Crippen molar-refractivity contribution in [1.29, 1.82) is 0 Å². The Hall–Kier alpha value is -2.36. The number of anilines is 2. The zero-order chi connectivity index (χ0) is 17.4. The monoisotopic (exact) mass is 325 g/mol. The van der Waals surface area contributed by atoms with Crippen LogP contribution in [0.25, 0.3) is 0 Å². The van der Waals surface area contributed by atoms with Crippen molar-refractivity contribution in [1.82, 2.24) is 4.98 Å². The van der Waals surface area contributed by atoms with Gasteiger partial charge in [-0.25, -0.2) is 0 Å². The molecule has 1 aromatic carbocycles. The zero-order valence-electron chi connectivity index (χ0n) is 14.9. The van der Waals surface area contributed by atoms with Gasteiger partial charge in [-0.3, -0.25) is 9.78 Å². The molecule has 4 heteroatoms. The molecular formula is C20H27N3O. The van der Waals surface area contributed by atoms with Crippen LogP contribution in [0.15, 0.2) is 42.7 Å². The van der Waals surface area contributed by atoms with Crippen molar-refractivity contribution in [2.75, 3.05) is 23.3 Å². The lowest BCUT2D eigenvalue weighted by atomic mass is 10.1. The molecule has 0 radical (unpaired) electrons. The maximum absolute atomic E-state index is 12.9. The van der Waals surface area contributed by atoms with Gasteiger partial charge in [-0.1, -0.05) is 31.9 Å². The number of hydrogen-bond acceptors (Lipinski definition) is 3. The fourth-order valence-corrected chi connectivity index (χ4v) is 2.66. The Kier molecular flexibility index (Phi) is 6.79. The largest absolute Gasteiger partial charge is 0.384 e. The predicted molar refractivity (Wildman–Crippen MR) is 101 cm³/mol. The lowest BCUT2D eigenvalue weighted by Crippen LogP contribution is -2.30. The molecule has 2 rings (SSSR count). The van der Waals surface area contributed by atoms with Gasteiger partial charge in [0, 0.05) is 31.2 Å². The molecule has 0 saturated heterocycles. The van der Waals surface area contributed by atoms with E-state index < -0.39 is 0 Å². The highest BCUT2D eigenvalue weighted by Gasteiger charge is 2.17. The average Bonchev–Trinajstić information content (AvgIpc) is 2.60. The Morgan fingerprint density at radius 2 is 2.00 bits per heavy atom. The van der Waals surface area contributed by atoms with Crippen LogP contribution in [0.1, 0.15) is 49.0 Å². The van der Waals surface area contributed by atoms with E-state index in [4.69, 9.17) is 0 Å². The summed E-state index contributed by atoms with van der Waals surface area (Å²) in [5.41, 5.74) is 3.57. The van der Waals surface area contributed by atoms with Crippen molar-refractivity contribution in [2.45, 2.75) is 40.0 Å². The van der Waals surface area contributed by atoms with Gasteiger partial charge in [0.1, 0.15) is 0 Å². The number of hydrogen-bond donors (Lipinski definition) is 1. The molecule has 1 heterocycles. The van der Waals surface area contributed by atoms with Gasteiger partial charge < -0.3 is 10.2 Å². The van der Waals surface area contributed by atoms with E-state index >= 15 is 0 Å². The van der Waals surface area contributed by atoms with Crippen molar-refractivity contribution in [3.63, 3.8) is 0 Å². The standard InChI is InChI=1S/C20H27N3O/c1-4-6-7-11-22-18-13-17(14-21-15-18)20(24)23(5-2)19-10-8-9-16(3)12-19/h8-10,12-15,22H,4-7,11H2,1-3H3. The smallest absolute Gasteiger partial charge is 0.259 e. The van der Waals surface area contributed by atoms with E-state index in [1.807, 2.05) is 44.2 Å². The summed E-state index contributed by atoms with van der Waals surface area (Å²) in [5.74, 6) is -0.0205. The molecule has 0 atom stereocenters. The van der Waals surface area contributed by atoms with Gasteiger partial charge in [-0.2, -0.15) is 0 Å². The first-order valence-corrected chi connectivity index (χ1v) is 8.73. The minimum atomic E-state index is -0.0205. The Labute approximate surface area is 144 Å². The lowest BCUT2D eigenvalue weighted by molar-refractivity contribution is 0.0988. The van der Waals surface area contributed by atoms with E-state index in [-0.39, 0.29) is 5.91 Å². The topological polar surface area (TPSA) is 45.2 Å². The third kappa shape index (κ3) is 4.82. The second-order valence-electron chi connectivity index (χ2n) is 5.98. The quantitative estimate of drug-likeness (QED) is 0.718. The summed E-state index contributed by atoms with van der Waals surface area (Å²) < 4.78 is 0. The van der Waals surface area contributed by atoms with Crippen LogP contribution in [0.3, 0.4) is 0 Å². The van der Waals surface area contributed by atoms with Crippen LogP contribution < -0.4 is 10.2 Å². The molecule has 0 spiro atoms. The van der Waals surface area contributed by atoms with Gasteiger partial charge >= 0.3 is 0 Å². The molecular weight excluding hydrogens is 298 g/mol. The third-order valence-corrected chi connectivity index (χ3v) is 3.97. The van der Waals surface area contributed by atoms with Gasteiger partial charge in [-0.05, 0) is 44.0 Å². The van der Waals surface area contributed by atoms with Crippen LogP contribution >= 0.6 is 0 Å². The van der Waals surface area contributed by atoms with E-state index in [0.717, 1.165) is 29.9 Å². The summed E-state index contributed by atoms with van der Waals surface area (Å²) in [5, 5.41) is 3.35. The van der Waals surface area contributed by atoms with Gasteiger partial charge in [0.05, 0.1) is 11.3 Å². The van der Waals surface area contributed by atoms with Crippen molar-refractivity contribution in [2.24, 2.45) is 0 Å². The SMILES string of the molecule is CCCCCNc1cncc(C(=O)N(CC)c2cccc(C)c2)c1. The number of nitrogens with zero attached hydrogens (tertiary/aromatic N) is 2. The highest BCUT2D eigenvalue weighted by atomic mass is 16.2. The first-order valence-electron chi connectivity index (χ1n) is 8.73. The number of pyridine rings is 1. The summed E-state index contributed by atoms with van der Waals surface area (Å²) in [6, 6.07) is 9.89. The molecule has 0 aliphatic rings. The summed E-state index contributed by atoms with van der Waals surface area (Å²) in [7, 11) is 0. The number of amides is 1. The lowest BCUT2D eigenvalue weighted by Gasteiger charge is -2.21. The first-order chi connectivity index (χ1) is 11.7. The number of aryl methyl sites for hydroxylation is 1. The molecule has 1 amide bonds. The summed E-state index contributed by atoms with van der Waals surface area (Å²) >= 11 is 0. The second-order valence-corrected chi connectivity index (χ2v) is 5.98. The molecule has 0 aliphatic carbocycles. The average molecular weight is 325 g/mol. The van der Waals surface area contributed by atoms with Gasteiger partial charge in [-0.15, -0.1) is 0 Å². The number of benzene rings is 1. The third-order valence-electron chi connectivity index (χ3n) is 3.97. The van der Waals surface area contributed by atoms with Gasteiger partial charge in [0.15, 0.2) is 0 Å². The molecule has 0 fully saturated rings. The van der Waals surface area contributed by atoms with Gasteiger partial charge in [0.2, 0.25) is 0 Å². The first kappa shape index (κ1) is 18.0. The maximum Gasteiger partial charge on any atom is 0.259 e. The minimum Gasteiger partial charge on any atom is -0.384 e. The summed E-state index contributed by atoms with van der Waals surface area (Å²) in [4.78, 5) is 18.9. The van der Waals surface area contributed by atoms with Crippen LogP contribution in [-0.4, -0.2) is 24.0 Å². The molecule has 0 saturated carbocycles. The predicted octanol–water partition coefficient (Wildman–Crippen LogP) is 4.66. The number of carbonyl (C=O) groups is 1. The van der Waals surface area contributed by atoms with Crippen molar-refractivity contribution < 1.29 is 4.79 Å². The molecule has 0 bridgehead atoms. The molecule has 1 aromatic heterocycles. The van der Waals surface area contributed by atoms with Crippen LogP contribution in [0.5, 0.6) is 0 Å². The Bertz CT molecular complexity index is 669. The van der Waals surface area contributed by atoms with Crippen LogP contribution in [0, 0.1) is 6.92 Å². The van der Waals surface area contributed by atoms with E-state index in [1.165, 1.54) is 12.8 Å². The normalized spacial score (nSPS) is 10.5.